The zero-order valence-corrected chi connectivity index (χ0v) is 57.7. The Balaban J connectivity index is -0.000000388. The van der Waals surface area contributed by atoms with Crippen LogP contribution in [0.4, 0.5) is 0 Å². The maximum absolute atomic E-state index is 6.24. The molecule has 0 amide bonds. The van der Waals surface area contributed by atoms with Gasteiger partial charge >= 0.3 is 36.0 Å². The summed E-state index contributed by atoms with van der Waals surface area (Å²) in [4.78, 5) is 17.6. The highest BCUT2D eigenvalue weighted by Crippen LogP contribution is 2.30. The zero-order chi connectivity index (χ0) is 56.2. The molecule has 4 radical (unpaired) electrons. The van der Waals surface area contributed by atoms with Crippen molar-refractivity contribution in [2.24, 2.45) is 5.40 Å². The van der Waals surface area contributed by atoms with Crippen LogP contribution in [-0.4, -0.2) is 242 Å². The summed E-state index contributed by atoms with van der Waals surface area (Å²) in [6.07, 6.45) is 4.40. The van der Waals surface area contributed by atoms with Gasteiger partial charge in [-0.3, -0.25) is 27.4 Å². The number of hydrogen-bond donors (Lipinski definition) is 6. The first-order valence-electron chi connectivity index (χ1n) is 25.6. The van der Waals surface area contributed by atoms with Crippen molar-refractivity contribution < 1.29 is 0 Å². The third-order valence-electron chi connectivity index (χ3n) is 10.9. The number of rotatable bonds is 18. The molecule has 0 spiro atoms. The minimum Gasteiger partial charge on any atom is -0.380 e. The van der Waals surface area contributed by atoms with Gasteiger partial charge in [-0.15, -0.1) is 0 Å². The second-order valence-electron chi connectivity index (χ2n) is 25.0. The highest BCUT2D eigenvalue weighted by atomic mass is 28.4. The Morgan fingerprint density at radius 1 is 0.406 bits per heavy atom. The van der Waals surface area contributed by atoms with Crippen LogP contribution in [0.3, 0.4) is 0 Å². The van der Waals surface area contributed by atoms with Crippen molar-refractivity contribution in [3.8, 4) is 0 Å². The van der Waals surface area contributed by atoms with Gasteiger partial charge in [-0.2, -0.15) is 0 Å². The monoisotopic (exact) mass is 1060 g/mol. The Morgan fingerprint density at radius 2 is 0.623 bits per heavy atom. The lowest BCUT2D eigenvalue weighted by Gasteiger charge is -2.53. The summed E-state index contributed by atoms with van der Waals surface area (Å²) in [5.74, 6) is 0. The van der Waals surface area contributed by atoms with Crippen molar-refractivity contribution in [1.82, 2.24) is 70.6 Å². The molecule has 7 N–H and O–H groups in total. The molecule has 1 rings (SSSR count). The predicted molar refractivity (Wildman–Crippen MR) is 318 cm³/mol. The van der Waals surface area contributed by atoms with Crippen LogP contribution in [0.5, 0.6) is 0 Å². The summed E-state index contributed by atoms with van der Waals surface area (Å²) in [5, 5.41) is 6.24. The van der Waals surface area contributed by atoms with Crippen molar-refractivity contribution in [1.29, 1.82) is 0 Å². The lowest BCUT2D eigenvalue weighted by atomic mass is 10.0. The molecule has 0 aromatic carbocycles. The molecule has 0 saturated heterocycles. The van der Waals surface area contributed by atoms with Gasteiger partial charge in [0.1, 0.15) is 0 Å². The molecular formula is C48H124N16Si5. The first kappa shape index (κ1) is 75.4. The fourth-order valence-corrected chi connectivity index (χ4v) is 19.9. The molecule has 0 fully saturated rings. The van der Waals surface area contributed by atoms with E-state index < -0.39 is 26.2 Å². The molecule has 1 aliphatic rings. The normalized spacial score (nSPS) is 14.7. The standard InChI is InChI=1S/C16H36N2Si.C10H20N2Si.2C8H24N4Si.C6H20N4Si/c1-13(2,3)17(14(4,5)6)19-18(15(7,8)9)16(10,11)12;1-9(2,3)11-7-8-12(13-11)10(4,5)6;1-8-9-13(10(2)3,11(4)5)12(6)7;1-5-9-13(10-6-2,11-7-3)12-8-4;1-8(2)11(7,9(3)4)10(5)6/h1-12H3;7-8H,1-6H3;9H,8H2,1-7H3;9-12H,5-8H2,1-4H3;7H2,1-6H3. The molecule has 0 aromatic heterocycles. The van der Waals surface area contributed by atoms with Gasteiger partial charge in [-0.05, 0) is 242 Å². The van der Waals surface area contributed by atoms with Gasteiger partial charge in [0.2, 0.25) is 0 Å². The average Bonchev–Trinajstić information content (AvgIpc) is 3.65. The highest BCUT2D eigenvalue weighted by molar-refractivity contribution is 6.70. The van der Waals surface area contributed by atoms with Crippen LogP contribution in [0.15, 0.2) is 12.4 Å². The van der Waals surface area contributed by atoms with Crippen molar-refractivity contribution in [3.05, 3.63) is 12.4 Å². The van der Waals surface area contributed by atoms with Crippen LogP contribution in [0, 0.1) is 0 Å². The molecule has 1 heterocycles. The third-order valence-corrected chi connectivity index (χ3v) is 28.1. The van der Waals surface area contributed by atoms with Gasteiger partial charge in [0.05, 0.1) is 0 Å². The van der Waals surface area contributed by atoms with E-state index in [1.54, 1.807) is 0 Å². The number of hydrogen-bond acceptors (Lipinski definition) is 16. The quantitative estimate of drug-likeness (QED) is 0.101. The van der Waals surface area contributed by atoms with E-state index in [-0.39, 0.29) is 33.2 Å². The summed E-state index contributed by atoms with van der Waals surface area (Å²) < 4.78 is 23.2. The van der Waals surface area contributed by atoms with E-state index in [0.717, 1.165) is 42.6 Å². The minimum atomic E-state index is -1.98. The van der Waals surface area contributed by atoms with Crippen molar-refractivity contribution >= 4 is 45.8 Å². The molecule has 0 bridgehead atoms. The highest BCUT2D eigenvalue weighted by Gasteiger charge is 2.43. The molecule has 69 heavy (non-hydrogen) atoms. The predicted octanol–water partition coefficient (Wildman–Crippen LogP) is 5.17. The van der Waals surface area contributed by atoms with Crippen LogP contribution in [0.25, 0.3) is 0 Å². The van der Waals surface area contributed by atoms with Gasteiger partial charge in [-0.25, -0.2) is 0 Å². The van der Waals surface area contributed by atoms with Crippen LogP contribution >= 0.6 is 0 Å². The largest absolute Gasteiger partial charge is 0.380 e. The van der Waals surface area contributed by atoms with E-state index in [2.05, 4.69) is 284 Å². The van der Waals surface area contributed by atoms with Gasteiger partial charge < -0.3 is 48.6 Å². The number of nitrogens with one attached hydrogen (secondary N) is 5. The van der Waals surface area contributed by atoms with E-state index in [1.807, 2.05) is 42.3 Å². The van der Waals surface area contributed by atoms with Gasteiger partial charge in [0.15, 0.2) is 0 Å². The SMILES string of the molecule is CC(C)(C)N([Si]N(C(C)(C)C)C(C)(C)C)C(C)(C)C.CC(C)(C)N1C=CN(C(C)(C)C)[Si]1.CCN[Si](N(C)C)(N(C)C)N(C)C.CCN[Si](NCC)(NCC)NCC.CN(C)[Si](N)(N(C)C)N(C)C. The fraction of sp³-hybridized carbons (Fsp3) is 0.958. The van der Waals surface area contributed by atoms with E-state index in [0.29, 0.717) is 9.84 Å². The zero-order valence-electron chi connectivity index (χ0n) is 52.7. The molecule has 0 unspecified atom stereocenters. The third kappa shape index (κ3) is 26.8. The first-order valence-corrected chi connectivity index (χ1v) is 33.2. The van der Waals surface area contributed by atoms with Crippen LogP contribution in [0.1, 0.15) is 159 Å². The molecule has 0 saturated carbocycles. The van der Waals surface area contributed by atoms with Crippen LogP contribution < -0.4 is 30.3 Å². The number of nitrogens with two attached hydrogens (primary N) is 1. The smallest absolute Gasteiger partial charge is 0.372 e. The Hall–Kier alpha value is -0.136. The van der Waals surface area contributed by atoms with E-state index in [9.17, 15) is 0 Å². The molecule has 416 valence electrons. The lowest BCUT2D eigenvalue weighted by molar-refractivity contribution is 0.0788. The summed E-state index contributed by atoms with van der Waals surface area (Å²) >= 11 is 0. The Kier molecular flexibility index (Phi) is 34.6. The Morgan fingerprint density at radius 3 is 0.725 bits per heavy atom. The maximum atomic E-state index is 6.24. The average molecular weight is 1070 g/mol. The van der Waals surface area contributed by atoms with Gasteiger partial charge in [-0.1, -0.05) is 34.6 Å². The summed E-state index contributed by atoms with van der Waals surface area (Å²) in [6.45, 7) is 56.9. The Labute approximate surface area is 441 Å². The van der Waals surface area contributed by atoms with E-state index >= 15 is 0 Å². The van der Waals surface area contributed by atoms with E-state index in [1.165, 1.54) is 0 Å². The maximum Gasteiger partial charge on any atom is 0.372 e. The second-order valence-corrected chi connectivity index (χ2v) is 38.6. The molecule has 21 heteroatoms. The number of nitrogens with zero attached hydrogens (tertiary/aromatic N) is 10. The topological polar surface area (TPSA) is 119 Å². The first-order chi connectivity index (χ1) is 30.6. The molecule has 0 aromatic rings. The lowest BCUT2D eigenvalue weighted by Crippen LogP contribution is -2.80. The molecule has 0 atom stereocenters. The summed E-state index contributed by atoms with van der Waals surface area (Å²) in [6, 6.07) is 0. The van der Waals surface area contributed by atoms with E-state index in [4.69, 9.17) is 5.40 Å². The van der Waals surface area contributed by atoms with Crippen LogP contribution in [0.2, 0.25) is 0 Å². The fourth-order valence-electron chi connectivity index (χ4n) is 8.32. The van der Waals surface area contributed by atoms with Crippen molar-refractivity contribution in [2.75, 3.05) is 117 Å². The van der Waals surface area contributed by atoms with Gasteiger partial charge in [0.25, 0.3) is 9.84 Å². The van der Waals surface area contributed by atoms with Gasteiger partial charge in [0, 0.05) is 45.6 Å². The van der Waals surface area contributed by atoms with Crippen LogP contribution in [-0.2, 0) is 0 Å². The minimum absolute atomic E-state index is 0.172. The van der Waals surface area contributed by atoms with Crippen molar-refractivity contribution in [3.63, 3.8) is 0 Å². The summed E-state index contributed by atoms with van der Waals surface area (Å²) in [7, 11) is 20.8. The molecule has 1 aliphatic heterocycles. The molecule has 16 nitrogen and oxygen atoms in total. The Bertz CT molecular complexity index is 1190. The molecule has 0 aliphatic carbocycles. The van der Waals surface area contributed by atoms with Crippen molar-refractivity contribution in [2.45, 2.75) is 192 Å². The second kappa shape index (κ2) is 31.7. The molecular weight excluding hydrogens is 941 g/mol. The summed E-state index contributed by atoms with van der Waals surface area (Å²) in [5.41, 5.74) is 1.18.